The summed E-state index contributed by atoms with van der Waals surface area (Å²) in [5, 5.41) is 13.9. The van der Waals surface area contributed by atoms with E-state index in [0.717, 1.165) is 9.23 Å². The molecule has 1 aromatic heterocycles. The fourth-order valence-corrected chi connectivity index (χ4v) is 5.48. The molecule has 8 heteroatoms. The minimum absolute atomic E-state index is 0.00326. The van der Waals surface area contributed by atoms with Crippen LogP contribution in [0.1, 0.15) is 25.6 Å². The van der Waals surface area contributed by atoms with Crippen LogP contribution < -0.4 is 9.67 Å². The fraction of sp³-hybridized carbons (Fsp3) is 0.0500. The van der Waals surface area contributed by atoms with E-state index in [4.69, 9.17) is 0 Å². The molecule has 0 spiro atoms. The Morgan fingerprint density at radius 3 is 2.46 bits per heavy atom. The molecule has 5 nitrogen and oxygen atoms in total. The molecule has 2 aromatic carbocycles. The van der Waals surface area contributed by atoms with Gasteiger partial charge in [0.1, 0.15) is 0 Å². The Hall–Kier alpha value is -2.21. The Balaban J connectivity index is 1.65. The number of benzene rings is 2. The normalized spacial score (nSPS) is 10.9. The number of amides is 1. The molecule has 0 fully saturated rings. The minimum atomic E-state index is -1.12. The van der Waals surface area contributed by atoms with E-state index in [-0.39, 0.29) is 15.8 Å². The van der Waals surface area contributed by atoms with E-state index in [9.17, 15) is 19.5 Å². The van der Waals surface area contributed by atoms with Crippen LogP contribution in [0.25, 0.3) is 0 Å². The van der Waals surface area contributed by atoms with Gasteiger partial charge >= 0.3 is 181 Å². The molecule has 2 N–H and O–H groups in total. The van der Waals surface area contributed by atoms with E-state index in [1.807, 2.05) is 17.5 Å². The van der Waals surface area contributed by atoms with Crippen LogP contribution in [0, 0.1) is 0 Å². The van der Waals surface area contributed by atoms with Crippen LogP contribution >= 0.6 is 27.3 Å². The summed E-state index contributed by atoms with van der Waals surface area (Å²) in [6, 6.07) is 15.4. The average Bonchev–Trinajstić information content (AvgIpc) is 3.16. The quantitative estimate of drug-likeness (QED) is 0.468. The zero-order valence-electron chi connectivity index (χ0n) is 14.4. The molecule has 28 heavy (non-hydrogen) atoms. The molecule has 0 atom stereocenters. The Kier molecular flexibility index (Phi) is 6.83. The van der Waals surface area contributed by atoms with Gasteiger partial charge < -0.3 is 0 Å². The Morgan fingerprint density at radius 1 is 1.07 bits per heavy atom. The molecular formula is C20H14AsBrNO4S. The Bertz CT molecular complexity index is 1020. The number of nitrogens with one attached hydrogen (secondary N) is 1. The molecule has 0 aliphatic carbocycles. The third-order valence-corrected chi connectivity index (χ3v) is 7.14. The average molecular weight is 519 g/mol. The molecule has 0 bridgehead atoms. The molecule has 0 saturated heterocycles. The second kappa shape index (κ2) is 9.32. The third-order valence-electron chi connectivity index (χ3n) is 3.75. The summed E-state index contributed by atoms with van der Waals surface area (Å²) in [5.41, 5.74) is 0.626. The predicted octanol–water partition coefficient (Wildman–Crippen LogP) is 3.56. The van der Waals surface area contributed by atoms with Gasteiger partial charge in [-0.2, -0.15) is 0 Å². The van der Waals surface area contributed by atoms with Gasteiger partial charge in [-0.1, -0.05) is 0 Å². The van der Waals surface area contributed by atoms with Crippen LogP contribution in [-0.4, -0.2) is 37.3 Å². The van der Waals surface area contributed by atoms with Gasteiger partial charge in [-0.3, -0.25) is 0 Å². The molecule has 0 aliphatic rings. The molecule has 1 radical (unpaired) electrons. The van der Waals surface area contributed by atoms with Gasteiger partial charge in [-0.25, -0.2) is 0 Å². The molecule has 0 aliphatic heterocycles. The summed E-state index contributed by atoms with van der Waals surface area (Å²) < 4.78 is 1.74. The zero-order chi connectivity index (χ0) is 20.1. The molecule has 0 unspecified atom stereocenters. The van der Waals surface area contributed by atoms with Gasteiger partial charge in [0, 0.05) is 0 Å². The van der Waals surface area contributed by atoms with Crippen molar-refractivity contribution in [3.05, 3.63) is 80.5 Å². The first kappa shape index (κ1) is 20.5. The molecule has 141 valence electrons. The first-order valence-corrected chi connectivity index (χ1v) is 11.7. The number of anilines is 1. The van der Waals surface area contributed by atoms with Crippen LogP contribution in [-0.2, 0) is 11.2 Å². The van der Waals surface area contributed by atoms with Crippen molar-refractivity contribution >= 4 is 69.5 Å². The number of carbonyl (C=O) groups is 3. The summed E-state index contributed by atoms with van der Waals surface area (Å²) >= 11 is 4.16. The van der Waals surface area contributed by atoms with Crippen molar-refractivity contribution in [1.82, 2.24) is 0 Å². The van der Waals surface area contributed by atoms with E-state index in [0.29, 0.717) is 16.5 Å². The summed E-state index contributed by atoms with van der Waals surface area (Å²) in [4.78, 5) is 37.0. The van der Waals surface area contributed by atoms with Crippen LogP contribution in [0.3, 0.4) is 0 Å². The second-order valence-electron chi connectivity index (χ2n) is 5.76. The van der Waals surface area contributed by atoms with E-state index >= 15 is 0 Å². The number of carboxylic acids is 1. The van der Waals surface area contributed by atoms with Crippen LogP contribution in [0.5, 0.6) is 0 Å². The number of carboxylic acid groups (broad SMARTS) is 1. The molecule has 3 aromatic rings. The van der Waals surface area contributed by atoms with Crippen molar-refractivity contribution in [2.24, 2.45) is 0 Å². The Labute approximate surface area is 180 Å². The van der Waals surface area contributed by atoms with E-state index < -0.39 is 27.6 Å². The number of hydrogen-bond donors (Lipinski definition) is 2. The molecule has 3 rings (SSSR count). The standard InChI is InChI=1S/C20H14AsBrNO4S/c22-14-7-8-17(16(10-14)20(26)27)23-19(25)12-3-5-13(6-4-12)21-18(24)11-15-2-1-9-28-15/h1-10H,11H2,(H,23,25)(H,26,27). The SMILES string of the molecule is O=C(Cc1cccs1)[As]c1ccc(C(=O)Nc2ccc(Br)cc2C(=O)O)cc1. The van der Waals surface area contributed by atoms with E-state index in [1.165, 1.54) is 12.1 Å². The first-order valence-electron chi connectivity index (χ1n) is 8.13. The summed E-state index contributed by atoms with van der Waals surface area (Å²) in [6.45, 7) is 0. The number of aromatic carboxylic acids is 1. The van der Waals surface area contributed by atoms with E-state index in [2.05, 4.69) is 21.2 Å². The maximum atomic E-state index is 12.4. The van der Waals surface area contributed by atoms with Gasteiger partial charge in [-0.05, 0) is 0 Å². The number of hydrogen-bond acceptors (Lipinski definition) is 4. The van der Waals surface area contributed by atoms with Gasteiger partial charge in [0.05, 0.1) is 0 Å². The molecule has 1 heterocycles. The van der Waals surface area contributed by atoms with Gasteiger partial charge in [0.25, 0.3) is 0 Å². The van der Waals surface area contributed by atoms with Gasteiger partial charge in [0.2, 0.25) is 0 Å². The monoisotopic (exact) mass is 518 g/mol. The topological polar surface area (TPSA) is 83.5 Å². The van der Waals surface area contributed by atoms with Crippen molar-refractivity contribution in [1.29, 1.82) is 0 Å². The third kappa shape index (κ3) is 5.41. The molecule has 1 amide bonds. The number of rotatable bonds is 7. The van der Waals surface area contributed by atoms with Gasteiger partial charge in [0.15, 0.2) is 0 Å². The molecular weight excluding hydrogens is 505 g/mol. The van der Waals surface area contributed by atoms with Crippen molar-refractivity contribution in [2.75, 3.05) is 5.32 Å². The summed E-state index contributed by atoms with van der Waals surface area (Å²) in [6.07, 6.45) is 0.446. The first-order chi connectivity index (χ1) is 13.4. The van der Waals surface area contributed by atoms with Crippen LogP contribution in [0.4, 0.5) is 5.69 Å². The van der Waals surface area contributed by atoms with Crippen molar-refractivity contribution in [3.8, 4) is 0 Å². The second-order valence-corrected chi connectivity index (χ2v) is 10.3. The van der Waals surface area contributed by atoms with E-state index in [1.54, 1.807) is 41.7 Å². The Morgan fingerprint density at radius 2 is 1.82 bits per heavy atom. The maximum absolute atomic E-state index is 12.4. The van der Waals surface area contributed by atoms with Crippen molar-refractivity contribution < 1.29 is 19.5 Å². The number of thiophene rings is 1. The van der Waals surface area contributed by atoms with Gasteiger partial charge in [-0.15, -0.1) is 0 Å². The number of carbonyl (C=O) groups excluding carboxylic acids is 2. The van der Waals surface area contributed by atoms with Crippen LogP contribution in [0.2, 0.25) is 0 Å². The number of halogens is 1. The zero-order valence-corrected chi connectivity index (χ0v) is 18.7. The predicted molar refractivity (Wildman–Crippen MR) is 114 cm³/mol. The molecule has 0 saturated carbocycles. The van der Waals surface area contributed by atoms with Crippen LogP contribution in [0.15, 0.2) is 64.5 Å². The summed E-state index contributed by atoms with van der Waals surface area (Å²) in [7, 11) is 0. The summed E-state index contributed by atoms with van der Waals surface area (Å²) in [5.74, 6) is -1.53. The fourth-order valence-electron chi connectivity index (χ4n) is 2.43. The van der Waals surface area contributed by atoms with Crippen molar-refractivity contribution in [2.45, 2.75) is 6.42 Å². The van der Waals surface area contributed by atoms with Crippen molar-refractivity contribution in [3.63, 3.8) is 0 Å².